The van der Waals surface area contributed by atoms with Crippen molar-refractivity contribution in [3.8, 4) is 0 Å². The van der Waals surface area contributed by atoms with Crippen LogP contribution in [0, 0.1) is 6.58 Å². The molecule has 0 saturated heterocycles. The van der Waals surface area contributed by atoms with Crippen LogP contribution in [-0.2, 0) is 21.8 Å². The van der Waals surface area contributed by atoms with Gasteiger partial charge in [0, 0.05) is 6.08 Å². The van der Waals surface area contributed by atoms with E-state index in [0.29, 0.717) is 0 Å². The van der Waals surface area contributed by atoms with Crippen LogP contribution in [0.2, 0.25) is 0 Å². The Morgan fingerprint density at radius 2 is 1.50 bits per heavy atom. The van der Waals surface area contributed by atoms with Crippen molar-refractivity contribution in [2.45, 2.75) is 6.18 Å². The number of hydrogen-bond acceptors (Lipinski definition) is 1. The van der Waals surface area contributed by atoms with Crippen LogP contribution in [0.5, 0.6) is 0 Å². The number of allylic oxidation sites excluding steroid dienone is 1. The Hall–Kier alpha value is -0.0466. The zero-order chi connectivity index (χ0) is 7.21. The molecule has 0 unspecified atom stereocenters. The molecule has 1 nitrogen and oxygen atoms in total. The van der Waals surface area contributed by atoms with Crippen molar-refractivity contribution in [3.05, 3.63) is 12.7 Å². The Kier molecular flexibility index (Phi) is 6.91. The molecule has 0 amide bonds. The summed E-state index contributed by atoms with van der Waals surface area (Å²) in [6.45, 7) is 4.06. The zero-order valence-corrected chi connectivity index (χ0v) is 6.87. The minimum absolute atomic E-state index is 0.125. The maximum atomic E-state index is 10.6. The maximum absolute atomic E-state index is 10.6. The zero-order valence-electron chi connectivity index (χ0n) is 3.90. The summed E-state index contributed by atoms with van der Waals surface area (Å²) in [7, 11) is 0. The van der Waals surface area contributed by atoms with Crippen LogP contribution in [0.15, 0.2) is 6.08 Å². The molecule has 0 aromatic heterocycles. The molecular weight excluding hydrogens is 174 g/mol. The van der Waals surface area contributed by atoms with Gasteiger partial charge in [0.15, 0.2) is 0 Å². The quantitative estimate of drug-likeness (QED) is 0.510. The minimum atomic E-state index is -4.31. The van der Waals surface area contributed by atoms with E-state index in [4.69, 9.17) is 3.57 Å². The molecule has 0 aliphatic rings. The summed E-state index contributed by atoms with van der Waals surface area (Å²) in [5, 5.41) is 0. The summed E-state index contributed by atoms with van der Waals surface area (Å²) in [5.41, 5.74) is 0. The predicted octanol–water partition coefficient (Wildman–Crippen LogP) is 1.42. The van der Waals surface area contributed by atoms with Crippen molar-refractivity contribution in [2.75, 3.05) is 0 Å². The second kappa shape index (κ2) is 5.10. The molecule has 0 aromatic rings. The molecule has 1 radical (unpaired) electrons. The van der Waals surface area contributed by atoms with Crippen LogP contribution in [0.3, 0.4) is 0 Å². The first-order chi connectivity index (χ1) is 3.56. The van der Waals surface area contributed by atoms with Crippen LogP contribution >= 0.6 is 0 Å². The van der Waals surface area contributed by atoms with Crippen molar-refractivity contribution in [2.24, 2.45) is 0 Å². The Morgan fingerprint density at radius 3 is 1.50 bits per heavy atom. The molecule has 8 heavy (non-hydrogen) atoms. The molecule has 5 heteroatoms. The molecule has 0 spiro atoms. The van der Waals surface area contributed by atoms with Gasteiger partial charge in [-0.15, -0.1) is 0 Å². The van der Waals surface area contributed by atoms with E-state index in [9.17, 15) is 13.2 Å². The van der Waals surface area contributed by atoms with Gasteiger partial charge in [0.05, 0.1) is 0 Å². The van der Waals surface area contributed by atoms with Crippen LogP contribution in [-0.4, -0.2) is 6.18 Å². The number of halogens is 3. The van der Waals surface area contributed by atoms with Gasteiger partial charge in [-0.1, -0.05) is 6.58 Å². The van der Waals surface area contributed by atoms with Crippen molar-refractivity contribution < 1.29 is 35.0 Å². The van der Waals surface area contributed by atoms with E-state index in [2.05, 4.69) is 6.58 Å². The second-order valence-corrected chi connectivity index (χ2v) is 0.708. The van der Waals surface area contributed by atoms with Crippen molar-refractivity contribution in [1.29, 1.82) is 0 Å². The fourth-order valence-corrected chi connectivity index (χ4v) is 0. The molecule has 0 bridgehead atoms. The molecule has 43 valence electrons. The Labute approximate surface area is 54.5 Å². The van der Waals surface area contributed by atoms with Crippen LogP contribution in [0.4, 0.5) is 13.2 Å². The Bertz CT molecular complexity index is 69.4. The molecule has 0 fully saturated rings. The monoisotopic (exact) mass is 175 g/mol. The van der Waals surface area contributed by atoms with E-state index in [-0.39, 0.29) is 24.3 Å². The van der Waals surface area contributed by atoms with Crippen molar-refractivity contribution >= 4 is 0 Å². The fourth-order valence-electron chi connectivity index (χ4n) is 0. The van der Waals surface area contributed by atoms with E-state index < -0.39 is 6.18 Å². The summed E-state index contributed by atoms with van der Waals surface area (Å²) in [4.78, 5) is 0. The van der Waals surface area contributed by atoms with E-state index in [1.54, 1.807) is 0 Å². The molecule has 0 rings (SSSR count). The summed E-state index contributed by atoms with van der Waals surface area (Å²) in [6.07, 6.45) is -4.62. The summed E-state index contributed by atoms with van der Waals surface area (Å²) < 4.78 is 40.2. The first-order valence-electron chi connectivity index (χ1n) is 1.48. The van der Waals surface area contributed by atoms with Crippen LogP contribution < -0.4 is 0 Å². The van der Waals surface area contributed by atoms with Crippen LogP contribution in [0.1, 0.15) is 0 Å². The molecule has 0 N–H and O–H groups in total. The van der Waals surface area contributed by atoms with Gasteiger partial charge in [-0.3, -0.25) is 0 Å². The van der Waals surface area contributed by atoms with E-state index in [1.807, 2.05) is 0 Å². The predicted molar refractivity (Wildman–Crippen MR) is 15.6 cm³/mol. The molecule has 0 aliphatic heterocycles. The first-order valence-corrected chi connectivity index (χ1v) is 2.69. The summed E-state index contributed by atoms with van der Waals surface area (Å²) >= 11 is 0.125. The fraction of sp³-hybridized carbons (Fsp3) is 0.333. The molecule has 0 atom stereocenters. The molecular formula is C3H2F3OZn. The van der Waals surface area contributed by atoms with Gasteiger partial charge in [0.2, 0.25) is 0 Å². The number of alkyl halides is 3. The molecule has 0 aliphatic carbocycles. The SMILES string of the molecule is [CH]=CC(F)(F)F.[O]=[Zn]. The average molecular weight is 176 g/mol. The van der Waals surface area contributed by atoms with Gasteiger partial charge in [-0.2, -0.15) is 13.2 Å². The van der Waals surface area contributed by atoms with Gasteiger partial charge in [0.1, 0.15) is 0 Å². The third-order valence-electron chi connectivity index (χ3n) is 0.189. The van der Waals surface area contributed by atoms with Crippen LogP contribution in [0.25, 0.3) is 0 Å². The van der Waals surface area contributed by atoms with Gasteiger partial charge in [-0.05, 0) is 0 Å². The summed E-state index contributed by atoms with van der Waals surface area (Å²) in [5.74, 6) is 0. The van der Waals surface area contributed by atoms with E-state index in [1.165, 1.54) is 0 Å². The number of hydrogen-bond donors (Lipinski definition) is 0. The van der Waals surface area contributed by atoms with Crippen molar-refractivity contribution in [1.82, 2.24) is 0 Å². The van der Waals surface area contributed by atoms with Gasteiger partial charge >= 0.3 is 28.0 Å². The van der Waals surface area contributed by atoms with Gasteiger partial charge < -0.3 is 0 Å². The topological polar surface area (TPSA) is 17.1 Å². The number of rotatable bonds is 0. The third kappa shape index (κ3) is 16.7. The van der Waals surface area contributed by atoms with Gasteiger partial charge in [0.25, 0.3) is 0 Å². The van der Waals surface area contributed by atoms with Gasteiger partial charge in [-0.25, -0.2) is 0 Å². The van der Waals surface area contributed by atoms with E-state index >= 15 is 0 Å². The molecule has 0 aromatic carbocycles. The Morgan fingerprint density at radius 1 is 1.38 bits per heavy atom. The standard InChI is InChI=1S/C3H2F3.O.Zn/c1-2-3(4,5)6;;/h1-2H;;. The van der Waals surface area contributed by atoms with Crippen molar-refractivity contribution in [3.63, 3.8) is 0 Å². The first kappa shape index (κ1) is 10.8. The summed E-state index contributed by atoms with van der Waals surface area (Å²) in [6, 6.07) is 0. The second-order valence-electron chi connectivity index (χ2n) is 0.708. The third-order valence-corrected chi connectivity index (χ3v) is 0.189. The molecule has 0 heterocycles. The Balaban J connectivity index is 0. The normalized spacial score (nSPS) is 9.12. The average Bonchev–Trinajstić information content (AvgIpc) is 1.71. The molecule has 0 saturated carbocycles. The van der Waals surface area contributed by atoms with E-state index in [0.717, 1.165) is 0 Å².